The van der Waals surface area contributed by atoms with Crippen LogP contribution in [0.5, 0.6) is 0 Å². The van der Waals surface area contributed by atoms with Crippen LogP contribution in [0.4, 0.5) is 0 Å². The van der Waals surface area contributed by atoms with Crippen molar-refractivity contribution in [2.75, 3.05) is 55.9 Å². The number of carbonyl (C=O) groups excluding carboxylic acids is 11. The normalized spacial score (nSPS) is 27.0. The molecular formula is C63H112N10O12. The van der Waals surface area contributed by atoms with Crippen LogP contribution in [0.2, 0.25) is 0 Å². The van der Waals surface area contributed by atoms with Crippen LogP contribution >= 0.6 is 0 Å². The SMILES string of the molecule is C/C=C/C[C@@H](C)[C@@H](O)[C@H]1C(=O)N[C@@H](CC)C(=O)N(C)CC(=O)N(C)[C@@H](CC(C)C)C(=O)NC(C(C)C)C(=O)N(C)[C@@H](CC(C)C)C(=O)C[C@@H](C)C(=O)N[C@H](C)C(=O)N(C)[C@@H](CC(C)C)C(=O)N(C)[C@@H](CC(C)C)C(=O)N(C)[C@@H](C(C)C)C(=O)N1C. The third-order valence-electron chi connectivity index (χ3n) is 16.3. The topological polar surface area (TPSA) is 267 Å². The number of amides is 10. The first-order valence-electron chi connectivity index (χ1n) is 30.8. The number of hydrogen-bond donors (Lipinski definition) is 4. The highest BCUT2D eigenvalue weighted by Gasteiger charge is 2.45. The fourth-order valence-electron chi connectivity index (χ4n) is 10.9. The second-order valence-electron chi connectivity index (χ2n) is 26.4. The van der Waals surface area contributed by atoms with E-state index in [0.29, 0.717) is 6.42 Å². The lowest BCUT2D eigenvalue weighted by molar-refractivity contribution is -0.157. The van der Waals surface area contributed by atoms with E-state index >= 15 is 9.59 Å². The Hall–Kier alpha value is -5.93. The van der Waals surface area contributed by atoms with Gasteiger partial charge in [-0.15, -0.1) is 0 Å². The second kappa shape index (κ2) is 35.0. The first-order valence-corrected chi connectivity index (χ1v) is 30.8. The Morgan fingerprint density at radius 2 is 0.941 bits per heavy atom. The molecular weight excluding hydrogens is 1090 g/mol. The van der Waals surface area contributed by atoms with Crippen LogP contribution in [0, 0.1) is 47.3 Å². The van der Waals surface area contributed by atoms with Gasteiger partial charge in [-0.3, -0.25) is 52.7 Å². The summed E-state index contributed by atoms with van der Waals surface area (Å²) in [6.45, 7) is 29.6. The predicted octanol–water partition coefficient (Wildman–Crippen LogP) is 4.36. The molecule has 1 heterocycles. The minimum absolute atomic E-state index is 0.0268. The minimum Gasteiger partial charge on any atom is -0.390 e. The van der Waals surface area contributed by atoms with Crippen molar-refractivity contribution in [2.24, 2.45) is 47.3 Å². The van der Waals surface area contributed by atoms with E-state index in [1.807, 2.05) is 61.5 Å². The highest BCUT2D eigenvalue weighted by Crippen LogP contribution is 2.26. The minimum atomic E-state index is -1.61. The number of allylic oxidation sites excluding steroid dienone is 2. The van der Waals surface area contributed by atoms with Crippen LogP contribution in [0.3, 0.4) is 0 Å². The third kappa shape index (κ3) is 21.8. The van der Waals surface area contributed by atoms with Gasteiger partial charge in [0.15, 0.2) is 5.78 Å². The highest BCUT2D eigenvalue weighted by molar-refractivity contribution is 5.99. The Kier molecular flexibility index (Phi) is 31.8. The summed E-state index contributed by atoms with van der Waals surface area (Å²) in [6.07, 6.45) is 2.84. The second-order valence-corrected chi connectivity index (χ2v) is 26.4. The molecule has 486 valence electrons. The van der Waals surface area contributed by atoms with E-state index in [0.717, 1.165) is 9.80 Å². The summed E-state index contributed by atoms with van der Waals surface area (Å²) in [4.78, 5) is 169. The Labute approximate surface area is 509 Å². The van der Waals surface area contributed by atoms with Crippen molar-refractivity contribution in [1.82, 2.24) is 50.2 Å². The van der Waals surface area contributed by atoms with Gasteiger partial charge in [0.05, 0.1) is 18.7 Å². The summed E-state index contributed by atoms with van der Waals surface area (Å²) in [5, 5.41) is 20.4. The van der Waals surface area contributed by atoms with E-state index in [2.05, 4.69) is 16.0 Å². The number of aliphatic hydroxyl groups is 1. The number of nitrogens with one attached hydrogen (secondary N) is 3. The van der Waals surface area contributed by atoms with Crippen molar-refractivity contribution in [3.05, 3.63) is 12.2 Å². The molecule has 0 bridgehead atoms. The van der Waals surface area contributed by atoms with E-state index in [4.69, 9.17) is 0 Å². The summed E-state index contributed by atoms with van der Waals surface area (Å²) in [5.41, 5.74) is 0. The maximum Gasteiger partial charge on any atom is 0.246 e. The van der Waals surface area contributed by atoms with E-state index < -0.39 is 156 Å². The summed E-state index contributed by atoms with van der Waals surface area (Å²) in [5.74, 6) is -10.1. The van der Waals surface area contributed by atoms with Crippen molar-refractivity contribution in [2.45, 2.75) is 223 Å². The van der Waals surface area contributed by atoms with Gasteiger partial charge in [0.2, 0.25) is 59.1 Å². The number of carbonyl (C=O) groups is 11. The fraction of sp³-hybridized carbons (Fsp3) is 0.794. The van der Waals surface area contributed by atoms with Gasteiger partial charge in [0.1, 0.15) is 48.3 Å². The summed E-state index contributed by atoms with van der Waals surface area (Å²) < 4.78 is 0. The van der Waals surface area contributed by atoms with Gasteiger partial charge in [-0.1, -0.05) is 116 Å². The molecule has 0 aromatic rings. The summed E-state index contributed by atoms with van der Waals surface area (Å²) >= 11 is 0. The number of aliphatic hydroxyl groups excluding tert-OH is 1. The van der Waals surface area contributed by atoms with Crippen molar-refractivity contribution in [3.63, 3.8) is 0 Å². The lowest BCUT2D eigenvalue weighted by atomic mass is 9.91. The smallest absolute Gasteiger partial charge is 0.246 e. The zero-order valence-electron chi connectivity index (χ0n) is 56.3. The monoisotopic (exact) mass is 1200 g/mol. The van der Waals surface area contributed by atoms with Crippen molar-refractivity contribution in [1.29, 1.82) is 0 Å². The van der Waals surface area contributed by atoms with Gasteiger partial charge in [-0.25, -0.2) is 0 Å². The summed E-state index contributed by atoms with van der Waals surface area (Å²) in [7, 11) is 10.0. The van der Waals surface area contributed by atoms with Crippen LogP contribution in [-0.2, 0) is 52.7 Å². The average Bonchev–Trinajstić information content (AvgIpc) is 3.62. The molecule has 1 saturated heterocycles. The molecule has 0 aromatic heterocycles. The predicted molar refractivity (Wildman–Crippen MR) is 330 cm³/mol. The first kappa shape index (κ1) is 77.1. The van der Waals surface area contributed by atoms with Gasteiger partial charge in [-0.05, 0) is 93.8 Å². The molecule has 12 atom stereocenters. The van der Waals surface area contributed by atoms with E-state index in [9.17, 15) is 48.3 Å². The van der Waals surface area contributed by atoms with Crippen LogP contribution < -0.4 is 16.0 Å². The van der Waals surface area contributed by atoms with Crippen molar-refractivity contribution < 1.29 is 57.8 Å². The maximum absolute atomic E-state index is 15.1. The lowest BCUT2D eigenvalue weighted by Crippen LogP contribution is -2.63. The molecule has 1 fully saturated rings. The molecule has 10 amide bonds. The highest BCUT2D eigenvalue weighted by atomic mass is 16.3. The fourth-order valence-corrected chi connectivity index (χ4v) is 10.9. The van der Waals surface area contributed by atoms with Crippen LogP contribution in [0.15, 0.2) is 12.2 Å². The van der Waals surface area contributed by atoms with Crippen molar-refractivity contribution >= 4 is 64.9 Å². The Balaban J connectivity index is 4.32. The molecule has 0 aliphatic carbocycles. The lowest BCUT2D eigenvalue weighted by Gasteiger charge is -2.41. The van der Waals surface area contributed by atoms with Crippen LogP contribution in [0.1, 0.15) is 163 Å². The van der Waals surface area contributed by atoms with E-state index in [-0.39, 0.29) is 62.2 Å². The van der Waals surface area contributed by atoms with Gasteiger partial charge >= 0.3 is 0 Å². The van der Waals surface area contributed by atoms with E-state index in [1.165, 1.54) is 80.8 Å². The zero-order chi connectivity index (χ0) is 66.0. The molecule has 0 radical (unpaired) electrons. The Morgan fingerprint density at radius 1 is 0.494 bits per heavy atom. The van der Waals surface area contributed by atoms with Gasteiger partial charge in [0.25, 0.3) is 0 Å². The molecule has 0 saturated carbocycles. The van der Waals surface area contributed by atoms with Crippen LogP contribution in [-0.4, -0.2) is 221 Å². The standard InChI is InChI=1S/C63H112N10O12/c1-25-27-28-41(15)54(76)53-57(79)65-44(26-2)59(81)67(18)34-50(75)68(19)46(30-36(5)6)56(78)66-51(39(11)12)62(84)69(20)45(29-35(3)4)49(74)33-42(16)55(77)64-43(17)58(80)70(21)47(31-37(7)8)60(82)71(22)48(32-38(9)10)61(83)72(23)52(40(13)14)63(85)73(53)24/h25,27,35-48,51-54,76H,26,28-34H2,1-24H3,(H,64,77)(H,65,79)(H,66,78)/b27-25+/t41-,42-,43-,44+,45+,46+,47+,48+,51?,52+,53+,54-/m1/s1. The van der Waals surface area contributed by atoms with Crippen molar-refractivity contribution in [3.8, 4) is 0 Å². The number of ketones is 1. The molecule has 22 heteroatoms. The molecule has 85 heavy (non-hydrogen) atoms. The zero-order valence-corrected chi connectivity index (χ0v) is 56.3. The molecule has 1 rings (SSSR count). The average molecular weight is 1200 g/mol. The van der Waals surface area contributed by atoms with Crippen LogP contribution in [0.25, 0.3) is 0 Å². The molecule has 0 aromatic carbocycles. The Bertz CT molecular complexity index is 2320. The number of likely N-dealkylation sites (N-methyl/N-ethyl adjacent to an activating group) is 7. The number of rotatable bonds is 15. The molecule has 4 N–H and O–H groups in total. The number of Topliss-reactive ketones (excluding diaryl/α,β-unsaturated/α-hetero) is 1. The third-order valence-corrected chi connectivity index (χ3v) is 16.3. The molecule has 0 spiro atoms. The number of hydrogen-bond acceptors (Lipinski definition) is 12. The molecule has 1 unspecified atom stereocenters. The van der Waals surface area contributed by atoms with Gasteiger partial charge < -0.3 is 55.4 Å². The molecule has 1 aliphatic heterocycles. The molecule has 22 nitrogen and oxygen atoms in total. The van der Waals surface area contributed by atoms with Gasteiger partial charge in [-0.2, -0.15) is 0 Å². The largest absolute Gasteiger partial charge is 0.390 e. The molecule has 1 aliphatic rings. The summed E-state index contributed by atoms with van der Waals surface area (Å²) in [6, 6.07) is -10.9. The number of nitrogens with zero attached hydrogens (tertiary/aromatic N) is 7. The van der Waals surface area contributed by atoms with E-state index in [1.54, 1.807) is 61.5 Å². The van der Waals surface area contributed by atoms with Gasteiger partial charge in [0, 0.05) is 61.7 Å². The first-order chi connectivity index (χ1) is 39.2. The maximum atomic E-state index is 15.1. The Morgan fingerprint density at radius 3 is 1.40 bits per heavy atom. The quantitative estimate of drug-likeness (QED) is 0.167.